The molecule has 0 aromatic carbocycles. The SMILES string of the molecule is OCC(CO)CI. The normalized spacial score (nSPS) is 10.3. The Morgan fingerprint density at radius 2 is 1.71 bits per heavy atom. The summed E-state index contributed by atoms with van der Waals surface area (Å²) in [6.07, 6.45) is 0. The predicted molar refractivity (Wildman–Crippen MR) is 36.5 cm³/mol. The number of aliphatic hydroxyl groups is 2. The Labute approximate surface area is 56.7 Å². The van der Waals surface area contributed by atoms with Crippen LogP contribution in [0.5, 0.6) is 0 Å². The molecule has 0 radical (unpaired) electrons. The second kappa shape index (κ2) is 4.80. The van der Waals surface area contributed by atoms with Crippen LogP contribution >= 0.6 is 22.6 Å². The molecule has 0 aliphatic rings. The minimum Gasteiger partial charge on any atom is -0.396 e. The van der Waals surface area contributed by atoms with Gasteiger partial charge in [-0.15, -0.1) is 0 Å². The molecule has 0 saturated carbocycles. The third kappa shape index (κ3) is 3.25. The maximum absolute atomic E-state index is 8.36. The molecule has 0 aliphatic heterocycles. The topological polar surface area (TPSA) is 40.5 Å². The predicted octanol–water partition coefficient (Wildman–Crippen LogP) is 0.0222. The number of halogens is 1. The molecule has 0 aromatic rings. The Hall–Kier alpha value is 0.650. The van der Waals surface area contributed by atoms with Gasteiger partial charge < -0.3 is 10.2 Å². The van der Waals surface area contributed by atoms with Crippen molar-refractivity contribution in [1.82, 2.24) is 0 Å². The smallest absolute Gasteiger partial charge is 0.0488 e. The van der Waals surface area contributed by atoms with Gasteiger partial charge in [0.1, 0.15) is 0 Å². The molecule has 0 rings (SSSR count). The zero-order valence-electron chi connectivity index (χ0n) is 3.97. The van der Waals surface area contributed by atoms with Gasteiger partial charge in [0, 0.05) is 23.6 Å². The lowest BCUT2D eigenvalue weighted by molar-refractivity contribution is 0.166. The van der Waals surface area contributed by atoms with E-state index in [0.717, 1.165) is 4.43 Å². The summed E-state index contributed by atoms with van der Waals surface area (Å²) >= 11 is 2.13. The van der Waals surface area contributed by atoms with Crippen LogP contribution in [0.4, 0.5) is 0 Å². The Bertz CT molecular complexity index is 31.2. The molecular formula is C4H9IO2. The van der Waals surface area contributed by atoms with Gasteiger partial charge in [-0.1, -0.05) is 22.6 Å². The maximum Gasteiger partial charge on any atom is 0.0488 e. The van der Waals surface area contributed by atoms with Gasteiger partial charge in [0.15, 0.2) is 0 Å². The molecule has 0 atom stereocenters. The Morgan fingerprint density at radius 1 is 1.29 bits per heavy atom. The molecule has 0 amide bonds. The van der Waals surface area contributed by atoms with Gasteiger partial charge in [-0.2, -0.15) is 0 Å². The highest BCUT2D eigenvalue weighted by molar-refractivity contribution is 14.1. The van der Waals surface area contributed by atoms with E-state index >= 15 is 0 Å². The third-order valence-electron chi connectivity index (χ3n) is 0.735. The van der Waals surface area contributed by atoms with Gasteiger partial charge in [0.2, 0.25) is 0 Å². The summed E-state index contributed by atoms with van der Waals surface area (Å²) in [6.45, 7) is 0.193. The first-order chi connectivity index (χ1) is 3.35. The van der Waals surface area contributed by atoms with Crippen LogP contribution in [0.25, 0.3) is 0 Å². The Kier molecular flexibility index (Phi) is 5.25. The molecule has 2 nitrogen and oxygen atoms in total. The summed E-state index contributed by atoms with van der Waals surface area (Å²) in [5.74, 6) is 0.0839. The van der Waals surface area contributed by atoms with E-state index in [1.807, 2.05) is 0 Å². The number of alkyl halides is 1. The van der Waals surface area contributed by atoms with E-state index in [4.69, 9.17) is 10.2 Å². The lowest BCUT2D eigenvalue weighted by Gasteiger charge is -2.02. The van der Waals surface area contributed by atoms with Crippen molar-refractivity contribution in [1.29, 1.82) is 0 Å². The lowest BCUT2D eigenvalue weighted by atomic mass is 10.2. The lowest BCUT2D eigenvalue weighted by Crippen LogP contribution is -2.11. The van der Waals surface area contributed by atoms with E-state index in [-0.39, 0.29) is 19.1 Å². The van der Waals surface area contributed by atoms with Crippen LogP contribution < -0.4 is 0 Å². The van der Waals surface area contributed by atoms with Crippen LogP contribution in [-0.2, 0) is 0 Å². The van der Waals surface area contributed by atoms with Crippen LogP contribution in [0.1, 0.15) is 0 Å². The van der Waals surface area contributed by atoms with Crippen molar-refractivity contribution in [3.63, 3.8) is 0 Å². The molecule has 0 bridgehead atoms. The average molecular weight is 216 g/mol. The first-order valence-electron chi connectivity index (χ1n) is 2.12. The van der Waals surface area contributed by atoms with Gasteiger partial charge in [-0.05, 0) is 0 Å². The third-order valence-corrected chi connectivity index (χ3v) is 1.98. The number of aliphatic hydroxyl groups excluding tert-OH is 2. The Morgan fingerprint density at radius 3 is 1.71 bits per heavy atom. The van der Waals surface area contributed by atoms with Crippen LogP contribution in [0, 0.1) is 5.92 Å². The highest BCUT2D eigenvalue weighted by atomic mass is 127. The van der Waals surface area contributed by atoms with E-state index in [9.17, 15) is 0 Å². The van der Waals surface area contributed by atoms with E-state index in [2.05, 4.69) is 22.6 Å². The fraction of sp³-hybridized carbons (Fsp3) is 1.00. The number of rotatable bonds is 3. The van der Waals surface area contributed by atoms with Crippen molar-refractivity contribution in [2.45, 2.75) is 0 Å². The highest BCUT2D eigenvalue weighted by Crippen LogP contribution is 1.97. The summed E-state index contributed by atoms with van der Waals surface area (Å²) in [4.78, 5) is 0. The van der Waals surface area contributed by atoms with Gasteiger partial charge in [-0.3, -0.25) is 0 Å². The molecule has 0 aliphatic carbocycles. The van der Waals surface area contributed by atoms with Crippen molar-refractivity contribution in [3.05, 3.63) is 0 Å². The fourth-order valence-corrected chi connectivity index (χ4v) is 0.712. The van der Waals surface area contributed by atoms with E-state index in [1.165, 1.54) is 0 Å². The minimum absolute atomic E-state index is 0.0839. The molecule has 0 heterocycles. The maximum atomic E-state index is 8.36. The first-order valence-corrected chi connectivity index (χ1v) is 3.65. The zero-order valence-corrected chi connectivity index (χ0v) is 6.13. The molecule has 0 aromatic heterocycles. The zero-order chi connectivity index (χ0) is 5.70. The van der Waals surface area contributed by atoms with E-state index < -0.39 is 0 Å². The number of hydrogen-bond acceptors (Lipinski definition) is 2. The molecular weight excluding hydrogens is 207 g/mol. The summed E-state index contributed by atoms with van der Waals surface area (Å²) in [5, 5.41) is 16.7. The fourth-order valence-electron chi connectivity index (χ4n) is 0.155. The Balaban J connectivity index is 2.99. The van der Waals surface area contributed by atoms with Crippen LogP contribution in [-0.4, -0.2) is 27.9 Å². The minimum atomic E-state index is 0.0839. The van der Waals surface area contributed by atoms with Gasteiger partial charge in [0.25, 0.3) is 0 Å². The molecule has 0 spiro atoms. The molecule has 2 N–H and O–H groups in total. The first kappa shape index (κ1) is 7.65. The van der Waals surface area contributed by atoms with Gasteiger partial charge in [-0.25, -0.2) is 0 Å². The van der Waals surface area contributed by atoms with Crippen molar-refractivity contribution in [2.24, 2.45) is 5.92 Å². The summed E-state index contributed by atoms with van der Waals surface area (Å²) in [6, 6.07) is 0. The van der Waals surface area contributed by atoms with Crippen molar-refractivity contribution in [2.75, 3.05) is 17.6 Å². The van der Waals surface area contributed by atoms with Crippen LogP contribution in [0.2, 0.25) is 0 Å². The van der Waals surface area contributed by atoms with Crippen LogP contribution in [0.3, 0.4) is 0 Å². The largest absolute Gasteiger partial charge is 0.396 e. The number of hydrogen-bond donors (Lipinski definition) is 2. The van der Waals surface area contributed by atoms with Gasteiger partial charge in [0.05, 0.1) is 0 Å². The monoisotopic (exact) mass is 216 g/mol. The summed E-state index contributed by atoms with van der Waals surface area (Å²) in [7, 11) is 0. The molecule has 0 saturated heterocycles. The second-order valence-corrected chi connectivity index (χ2v) is 2.27. The van der Waals surface area contributed by atoms with Crippen molar-refractivity contribution < 1.29 is 10.2 Å². The molecule has 0 unspecified atom stereocenters. The van der Waals surface area contributed by atoms with E-state index in [1.54, 1.807) is 0 Å². The molecule has 3 heteroatoms. The van der Waals surface area contributed by atoms with Gasteiger partial charge >= 0.3 is 0 Å². The molecule has 0 fully saturated rings. The summed E-state index contributed by atoms with van der Waals surface area (Å²) in [5.41, 5.74) is 0. The van der Waals surface area contributed by atoms with Crippen molar-refractivity contribution in [3.8, 4) is 0 Å². The molecule has 44 valence electrons. The standard InChI is InChI=1S/C4H9IO2/c5-1-4(2-6)3-7/h4,6-7H,1-3H2. The quantitative estimate of drug-likeness (QED) is 0.515. The molecule has 7 heavy (non-hydrogen) atoms. The summed E-state index contributed by atoms with van der Waals surface area (Å²) < 4.78 is 0.824. The van der Waals surface area contributed by atoms with E-state index in [0.29, 0.717) is 0 Å². The average Bonchev–Trinajstić information content (AvgIpc) is 1.72. The van der Waals surface area contributed by atoms with Crippen LogP contribution in [0.15, 0.2) is 0 Å². The van der Waals surface area contributed by atoms with Crippen molar-refractivity contribution >= 4 is 22.6 Å². The highest BCUT2D eigenvalue weighted by Gasteiger charge is 1.99. The second-order valence-electron chi connectivity index (χ2n) is 1.39.